The molecule has 2 heterocycles. The Morgan fingerprint density at radius 3 is 1.41 bits per heavy atom. The summed E-state index contributed by atoms with van der Waals surface area (Å²) in [6.07, 6.45) is 6.21. The number of hydrogen-bond acceptors (Lipinski definition) is 9. The van der Waals surface area contributed by atoms with Crippen LogP contribution < -0.4 is 14.2 Å². The molecule has 2 aliphatic heterocycles. The molecule has 2 saturated heterocycles. The van der Waals surface area contributed by atoms with Gasteiger partial charge in [-0.1, -0.05) is 80.6 Å². The summed E-state index contributed by atoms with van der Waals surface area (Å²) in [4.78, 5) is 31.4. The fourth-order valence-electron chi connectivity index (χ4n) is 9.67. The smallest absolute Gasteiger partial charge is 0.170 e. The molecule has 2 unspecified atom stereocenters. The number of aliphatic hydroxyl groups is 2. The quantitative estimate of drug-likeness (QED) is 0.177. The number of aryl methyl sites for hydroxylation is 2. The molecule has 9 nitrogen and oxygen atoms in total. The molecule has 0 bridgehead atoms. The van der Waals surface area contributed by atoms with Crippen molar-refractivity contribution in [3.63, 3.8) is 0 Å². The molecule has 4 aromatic rings. The lowest BCUT2D eigenvalue weighted by atomic mass is 9.71. The molecule has 2 fully saturated rings. The van der Waals surface area contributed by atoms with Gasteiger partial charge in [0.25, 0.3) is 0 Å². The standard InChI is InChI=1S/C25H31NO4.C24H29NO3/c1-24(10-9-18-15-21(29-2)22(30-3)16-20(18)23(24)27)17-26-13-11-25(28,12-14-26)19-7-5-4-6-8-19;1-23(11-10-18-8-9-20(28-2)16-21(18)22(23)26)17-25-14-12-24(27,13-15-25)19-6-4-3-5-7-19/h4-8,15-16,28H,9-14,17H2,1-3H3;3-9,16,27H,10-15,17H2,1-2H3. The minimum Gasteiger partial charge on any atom is -0.497 e. The first-order valence-electron chi connectivity index (χ1n) is 20.8. The fourth-order valence-corrected chi connectivity index (χ4v) is 9.67. The Labute approximate surface area is 343 Å². The minimum atomic E-state index is -0.772. The van der Waals surface area contributed by atoms with E-state index in [1.165, 1.54) is 0 Å². The lowest BCUT2D eigenvalue weighted by Crippen LogP contribution is -2.49. The first kappa shape index (κ1) is 41.6. The third-order valence-electron chi connectivity index (χ3n) is 13.5. The fraction of sp³-hybridized carbons (Fsp3) is 0.469. The van der Waals surface area contributed by atoms with Crippen LogP contribution in [0.25, 0.3) is 0 Å². The second-order valence-corrected chi connectivity index (χ2v) is 17.5. The predicted octanol–water partition coefficient (Wildman–Crippen LogP) is 7.64. The summed E-state index contributed by atoms with van der Waals surface area (Å²) in [7, 11) is 4.85. The van der Waals surface area contributed by atoms with Crippen molar-refractivity contribution in [2.75, 3.05) is 60.6 Å². The third-order valence-corrected chi connectivity index (χ3v) is 13.5. The van der Waals surface area contributed by atoms with E-state index in [9.17, 15) is 19.8 Å². The zero-order valence-corrected chi connectivity index (χ0v) is 34.9. The van der Waals surface area contributed by atoms with Gasteiger partial charge in [0.15, 0.2) is 23.1 Å². The van der Waals surface area contributed by atoms with Gasteiger partial charge < -0.3 is 34.2 Å². The van der Waals surface area contributed by atoms with Crippen molar-refractivity contribution in [3.05, 3.63) is 124 Å². The van der Waals surface area contributed by atoms with E-state index >= 15 is 0 Å². The Kier molecular flexibility index (Phi) is 12.2. The van der Waals surface area contributed by atoms with Gasteiger partial charge in [-0.2, -0.15) is 0 Å². The SMILES string of the molecule is COc1cc2c(cc1OC)C(=O)C(C)(CN1CCC(O)(c3ccccc3)CC1)CC2.COc1ccc2c(c1)C(=O)C(C)(CN1CCC(O)(c3ccccc3)CC1)CC2. The van der Waals surface area contributed by atoms with E-state index in [4.69, 9.17) is 14.2 Å². The monoisotopic (exact) mass is 788 g/mol. The first-order valence-corrected chi connectivity index (χ1v) is 20.8. The molecule has 8 rings (SSSR count). The van der Waals surface area contributed by atoms with Crippen LogP contribution >= 0.6 is 0 Å². The van der Waals surface area contributed by atoms with Crippen molar-refractivity contribution < 1.29 is 34.0 Å². The van der Waals surface area contributed by atoms with E-state index in [-0.39, 0.29) is 17.0 Å². The number of rotatable bonds is 9. The lowest BCUT2D eigenvalue weighted by molar-refractivity contribution is -0.0330. The topological polar surface area (TPSA) is 109 Å². The molecular formula is C49H60N2O7. The molecule has 308 valence electrons. The molecule has 58 heavy (non-hydrogen) atoms. The second kappa shape index (κ2) is 17.0. The third kappa shape index (κ3) is 8.46. The zero-order chi connectivity index (χ0) is 41.1. The molecule has 2 N–H and O–H groups in total. The van der Waals surface area contributed by atoms with E-state index in [0.29, 0.717) is 43.7 Å². The molecule has 0 aromatic heterocycles. The second-order valence-electron chi connectivity index (χ2n) is 17.5. The zero-order valence-electron chi connectivity index (χ0n) is 34.9. The minimum absolute atomic E-state index is 0.175. The van der Waals surface area contributed by atoms with Crippen LogP contribution in [-0.4, -0.2) is 92.2 Å². The maximum absolute atomic E-state index is 13.5. The molecule has 0 saturated carbocycles. The predicted molar refractivity (Wildman–Crippen MR) is 226 cm³/mol. The number of fused-ring (bicyclic) bond motifs is 2. The highest BCUT2D eigenvalue weighted by Crippen LogP contribution is 2.43. The van der Waals surface area contributed by atoms with Crippen LogP contribution in [0.3, 0.4) is 0 Å². The maximum Gasteiger partial charge on any atom is 0.170 e. The summed E-state index contributed by atoms with van der Waals surface area (Å²) in [6.45, 7) is 8.80. The summed E-state index contributed by atoms with van der Waals surface area (Å²) in [5.74, 6) is 2.40. The number of methoxy groups -OCH3 is 3. The first-order chi connectivity index (χ1) is 27.8. The Morgan fingerprint density at radius 1 is 0.534 bits per heavy atom. The highest BCUT2D eigenvalue weighted by atomic mass is 16.5. The van der Waals surface area contributed by atoms with Crippen molar-refractivity contribution in [3.8, 4) is 17.2 Å². The molecule has 2 aliphatic carbocycles. The normalized spacial score (nSPS) is 24.1. The van der Waals surface area contributed by atoms with E-state index < -0.39 is 16.6 Å². The van der Waals surface area contributed by atoms with Crippen LogP contribution in [0, 0.1) is 10.8 Å². The van der Waals surface area contributed by atoms with Crippen LogP contribution in [0.1, 0.15) is 95.3 Å². The number of Topliss-reactive ketones (excluding diaryl/α,β-unsaturated/α-hetero) is 2. The van der Waals surface area contributed by atoms with E-state index in [1.807, 2.05) is 91.0 Å². The number of hydrogen-bond donors (Lipinski definition) is 2. The molecule has 0 radical (unpaired) electrons. The number of ether oxygens (including phenoxy) is 3. The van der Waals surface area contributed by atoms with Crippen LogP contribution in [0.15, 0.2) is 91.0 Å². The van der Waals surface area contributed by atoms with Crippen LogP contribution in [0.5, 0.6) is 17.2 Å². The van der Waals surface area contributed by atoms with Crippen molar-refractivity contribution in [2.45, 2.75) is 76.4 Å². The highest BCUT2D eigenvalue weighted by molar-refractivity contribution is 6.04. The van der Waals surface area contributed by atoms with E-state index in [0.717, 1.165) is 97.5 Å². The number of benzene rings is 4. The van der Waals surface area contributed by atoms with E-state index in [1.54, 1.807) is 21.3 Å². The molecule has 4 aliphatic rings. The van der Waals surface area contributed by atoms with Gasteiger partial charge in [-0.25, -0.2) is 0 Å². The number of nitrogens with zero attached hydrogens (tertiary/aromatic N) is 2. The van der Waals surface area contributed by atoms with Gasteiger partial charge in [-0.15, -0.1) is 0 Å². The van der Waals surface area contributed by atoms with Crippen molar-refractivity contribution in [1.29, 1.82) is 0 Å². The summed E-state index contributed by atoms with van der Waals surface area (Å²) in [5, 5.41) is 22.2. The Hall–Kier alpha value is -4.54. The Bertz CT molecular complexity index is 2070. The summed E-state index contributed by atoms with van der Waals surface area (Å²) in [6, 6.07) is 29.5. The molecule has 0 spiro atoms. The maximum atomic E-state index is 13.5. The number of carbonyl (C=O) groups is 2. The Morgan fingerprint density at radius 2 is 0.966 bits per heavy atom. The van der Waals surface area contributed by atoms with Gasteiger partial charge in [0.05, 0.1) is 32.5 Å². The van der Waals surface area contributed by atoms with Crippen molar-refractivity contribution in [2.24, 2.45) is 10.8 Å². The number of likely N-dealkylation sites (tertiary alicyclic amines) is 2. The molecular weight excluding hydrogens is 729 g/mol. The lowest BCUT2D eigenvalue weighted by Gasteiger charge is -2.43. The number of piperidine rings is 2. The number of carbonyl (C=O) groups excluding carboxylic acids is 2. The summed E-state index contributed by atoms with van der Waals surface area (Å²) >= 11 is 0. The van der Waals surface area contributed by atoms with Gasteiger partial charge in [0.2, 0.25) is 0 Å². The van der Waals surface area contributed by atoms with Crippen LogP contribution in [0.4, 0.5) is 0 Å². The van der Waals surface area contributed by atoms with Crippen molar-refractivity contribution >= 4 is 11.6 Å². The van der Waals surface area contributed by atoms with Gasteiger partial charge in [-0.3, -0.25) is 9.59 Å². The van der Waals surface area contributed by atoms with E-state index in [2.05, 4.69) is 23.6 Å². The van der Waals surface area contributed by atoms with Gasteiger partial charge in [0.1, 0.15) is 5.75 Å². The van der Waals surface area contributed by atoms with Crippen molar-refractivity contribution in [1.82, 2.24) is 9.80 Å². The molecule has 4 aromatic carbocycles. The summed E-state index contributed by atoms with van der Waals surface area (Å²) in [5.41, 5.74) is 3.35. The van der Waals surface area contributed by atoms with Gasteiger partial charge in [0, 0.05) is 61.2 Å². The number of ketones is 2. The van der Waals surface area contributed by atoms with Gasteiger partial charge in [-0.05, 0) is 97.9 Å². The average molecular weight is 789 g/mol. The van der Waals surface area contributed by atoms with Crippen LogP contribution in [0.2, 0.25) is 0 Å². The molecule has 0 amide bonds. The average Bonchev–Trinajstić information content (AvgIpc) is 3.26. The highest BCUT2D eigenvalue weighted by Gasteiger charge is 2.44. The van der Waals surface area contributed by atoms with Crippen LogP contribution in [-0.2, 0) is 24.0 Å². The molecule has 9 heteroatoms. The Balaban J connectivity index is 0.000000177. The van der Waals surface area contributed by atoms with Gasteiger partial charge >= 0.3 is 0 Å². The largest absolute Gasteiger partial charge is 0.497 e. The summed E-state index contributed by atoms with van der Waals surface area (Å²) < 4.78 is 16.1. The molecule has 2 atom stereocenters.